The summed E-state index contributed by atoms with van der Waals surface area (Å²) in [5, 5.41) is 4.33. The molecule has 2 aliphatic rings. The quantitative estimate of drug-likeness (QED) is 0.587. The number of nitrogens with one attached hydrogen (secondary N) is 1. The van der Waals surface area contributed by atoms with E-state index in [4.69, 9.17) is 17.0 Å². The molecule has 0 unspecified atom stereocenters. The van der Waals surface area contributed by atoms with Gasteiger partial charge in [0.1, 0.15) is 5.82 Å². The molecule has 2 aliphatic heterocycles. The van der Waals surface area contributed by atoms with E-state index < -0.39 is 0 Å². The molecule has 0 aromatic carbocycles. The predicted octanol–water partition coefficient (Wildman–Crippen LogP) is 4.34. The summed E-state index contributed by atoms with van der Waals surface area (Å²) in [7, 11) is 0. The first-order chi connectivity index (χ1) is 15.5. The monoisotopic (exact) mass is 447 g/mol. The number of rotatable bonds is 5. The van der Waals surface area contributed by atoms with Crippen molar-refractivity contribution in [1.29, 1.82) is 0 Å². The van der Waals surface area contributed by atoms with Gasteiger partial charge in [-0.25, -0.2) is 4.98 Å². The van der Waals surface area contributed by atoms with Gasteiger partial charge in [0.2, 0.25) is 0 Å². The fourth-order valence-electron chi connectivity index (χ4n) is 5.03. The van der Waals surface area contributed by atoms with Gasteiger partial charge in [-0.15, -0.1) is 0 Å². The Bertz CT molecular complexity index is 1120. The van der Waals surface area contributed by atoms with Crippen molar-refractivity contribution in [3.63, 3.8) is 0 Å². The minimum Gasteiger partial charge on any atom is -0.376 e. The van der Waals surface area contributed by atoms with E-state index in [9.17, 15) is 0 Å². The van der Waals surface area contributed by atoms with E-state index >= 15 is 0 Å². The molecule has 0 spiro atoms. The maximum absolute atomic E-state index is 5.97. The Hall–Kier alpha value is -2.77. The summed E-state index contributed by atoms with van der Waals surface area (Å²) in [5.74, 6) is 0.944. The molecule has 2 fully saturated rings. The smallest absolute Gasteiger partial charge is 0.170 e. The lowest BCUT2D eigenvalue weighted by molar-refractivity contribution is 0.0842. The zero-order chi connectivity index (χ0) is 22.2. The molecule has 3 atom stereocenters. The normalized spacial score (nSPS) is 23.0. The van der Waals surface area contributed by atoms with Gasteiger partial charge in [0.15, 0.2) is 5.11 Å². The van der Waals surface area contributed by atoms with E-state index in [2.05, 4.69) is 63.7 Å². The topological polar surface area (TPSA) is 55.2 Å². The highest BCUT2D eigenvalue weighted by atomic mass is 32.1. The van der Waals surface area contributed by atoms with Crippen LogP contribution in [0.2, 0.25) is 0 Å². The van der Waals surface area contributed by atoms with E-state index in [-0.39, 0.29) is 18.2 Å². The number of thiocarbonyl (C=S) groups is 1. The second-order valence-corrected chi connectivity index (χ2v) is 9.15. The summed E-state index contributed by atoms with van der Waals surface area (Å²) in [5.41, 5.74) is 5.76. The molecule has 0 saturated carbocycles. The molecular formula is C25H29N5OS. The Balaban J connectivity index is 1.59. The predicted molar refractivity (Wildman–Crippen MR) is 129 cm³/mol. The fraction of sp³-hybridized carbons (Fsp3) is 0.400. The van der Waals surface area contributed by atoms with Crippen molar-refractivity contribution in [1.82, 2.24) is 24.8 Å². The van der Waals surface area contributed by atoms with Crippen molar-refractivity contribution >= 4 is 17.3 Å². The van der Waals surface area contributed by atoms with Gasteiger partial charge in [-0.2, -0.15) is 0 Å². The minimum atomic E-state index is -0.0236. The largest absolute Gasteiger partial charge is 0.376 e. The fourth-order valence-corrected chi connectivity index (χ4v) is 5.35. The molecule has 0 bridgehead atoms. The highest BCUT2D eigenvalue weighted by molar-refractivity contribution is 7.80. The summed E-state index contributed by atoms with van der Waals surface area (Å²) in [6, 6.07) is 12.5. The summed E-state index contributed by atoms with van der Waals surface area (Å²) >= 11 is 5.84. The number of aryl methyl sites for hydroxylation is 2. The number of ether oxygens (including phenoxy) is 1. The van der Waals surface area contributed by atoms with Crippen LogP contribution in [0.1, 0.15) is 53.1 Å². The van der Waals surface area contributed by atoms with Gasteiger partial charge < -0.3 is 19.5 Å². The molecule has 32 heavy (non-hydrogen) atoms. The Kier molecular flexibility index (Phi) is 5.69. The molecule has 0 aliphatic carbocycles. The molecular weight excluding hydrogens is 418 g/mol. The van der Waals surface area contributed by atoms with Gasteiger partial charge in [0, 0.05) is 36.9 Å². The number of nitrogens with zero attached hydrogens (tertiary/aromatic N) is 4. The third kappa shape index (κ3) is 3.80. The molecule has 3 aromatic heterocycles. The first kappa shape index (κ1) is 21.1. The second kappa shape index (κ2) is 8.64. The molecule has 5 rings (SSSR count). The van der Waals surface area contributed by atoms with Crippen molar-refractivity contribution in [2.45, 2.75) is 51.8 Å². The SMILES string of the molecule is Cc1ccnc(-n2c(C)cc([C@H]3[C@H](c4ccccn4)NC(=S)N3C[C@@H]3CCCO3)c2C)c1. The Morgan fingerprint density at radius 3 is 2.72 bits per heavy atom. The minimum absolute atomic E-state index is 0.0236. The third-order valence-corrected chi connectivity index (χ3v) is 6.89. The Morgan fingerprint density at radius 2 is 2.00 bits per heavy atom. The first-order valence-corrected chi connectivity index (χ1v) is 11.7. The molecule has 5 heterocycles. The number of hydrogen-bond donors (Lipinski definition) is 1. The van der Waals surface area contributed by atoms with Crippen LogP contribution in [0.25, 0.3) is 5.82 Å². The van der Waals surface area contributed by atoms with Gasteiger partial charge in [-0.05, 0) is 87.3 Å². The van der Waals surface area contributed by atoms with Crippen LogP contribution in [-0.4, -0.2) is 43.8 Å². The summed E-state index contributed by atoms with van der Waals surface area (Å²) in [6.45, 7) is 8.03. The molecule has 6 nitrogen and oxygen atoms in total. The molecule has 166 valence electrons. The van der Waals surface area contributed by atoms with Crippen LogP contribution in [0, 0.1) is 20.8 Å². The van der Waals surface area contributed by atoms with E-state index in [1.165, 1.54) is 16.8 Å². The number of pyridine rings is 2. The highest BCUT2D eigenvalue weighted by Gasteiger charge is 2.42. The van der Waals surface area contributed by atoms with Crippen molar-refractivity contribution in [2.24, 2.45) is 0 Å². The van der Waals surface area contributed by atoms with Crippen LogP contribution >= 0.6 is 12.2 Å². The van der Waals surface area contributed by atoms with Crippen LogP contribution in [0.15, 0.2) is 48.8 Å². The number of hydrogen-bond acceptors (Lipinski definition) is 4. The summed E-state index contributed by atoms with van der Waals surface area (Å²) in [6.07, 6.45) is 6.12. The van der Waals surface area contributed by atoms with Gasteiger partial charge in [-0.3, -0.25) is 4.98 Å². The van der Waals surface area contributed by atoms with Crippen molar-refractivity contribution < 1.29 is 4.74 Å². The third-order valence-electron chi connectivity index (χ3n) is 6.54. The van der Waals surface area contributed by atoms with Crippen LogP contribution in [0.5, 0.6) is 0 Å². The molecule has 2 saturated heterocycles. The van der Waals surface area contributed by atoms with E-state index in [0.717, 1.165) is 48.3 Å². The standard InChI is InChI=1S/C25H29N5OS/c1-16-9-11-27-22(13-16)30-17(2)14-20(18(30)3)24-23(21-8-4-5-10-26-21)28-25(32)29(24)15-19-7-6-12-31-19/h4-5,8-11,13-14,19,23-24H,6-7,12,15H2,1-3H3,(H,28,32)/t19-,23-,24-/m0/s1. The van der Waals surface area contributed by atoms with E-state index in [1.54, 1.807) is 0 Å². The molecule has 0 amide bonds. The second-order valence-electron chi connectivity index (χ2n) is 8.77. The van der Waals surface area contributed by atoms with E-state index in [1.807, 2.05) is 30.6 Å². The van der Waals surface area contributed by atoms with Gasteiger partial charge in [0.25, 0.3) is 0 Å². The van der Waals surface area contributed by atoms with Crippen LogP contribution in [0.3, 0.4) is 0 Å². The highest BCUT2D eigenvalue weighted by Crippen LogP contribution is 2.41. The van der Waals surface area contributed by atoms with Crippen LogP contribution in [-0.2, 0) is 4.74 Å². The van der Waals surface area contributed by atoms with Gasteiger partial charge in [0.05, 0.1) is 23.9 Å². The zero-order valence-corrected chi connectivity index (χ0v) is 19.6. The van der Waals surface area contributed by atoms with Crippen LogP contribution in [0.4, 0.5) is 0 Å². The Labute approximate surface area is 194 Å². The van der Waals surface area contributed by atoms with Gasteiger partial charge in [-0.1, -0.05) is 6.07 Å². The van der Waals surface area contributed by atoms with Crippen molar-refractivity contribution in [3.8, 4) is 5.82 Å². The maximum atomic E-state index is 5.97. The molecule has 3 aromatic rings. The van der Waals surface area contributed by atoms with Crippen molar-refractivity contribution in [2.75, 3.05) is 13.2 Å². The Morgan fingerprint density at radius 1 is 1.12 bits per heavy atom. The lowest BCUT2D eigenvalue weighted by Gasteiger charge is -2.30. The van der Waals surface area contributed by atoms with E-state index in [0.29, 0.717) is 0 Å². The van der Waals surface area contributed by atoms with Crippen LogP contribution < -0.4 is 5.32 Å². The average molecular weight is 448 g/mol. The lowest BCUT2D eigenvalue weighted by Crippen LogP contribution is -2.36. The zero-order valence-electron chi connectivity index (χ0n) is 18.8. The average Bonchev–Trinajstić information content (AvgIpc) is 3.48. The van der Waals surface area contributed by atoms with Gasteiger partial charge >= 0.3 is 0 Å². The first-order valence-electron chi connectivity index (χ1n) is 11.2. The maximum Gasteiger partial charge on any atom is 0.170 e. The summed E-state index contributed by atoms with van der Waals surface area (Å²) < 4.78 is 8.21. The van der Waals surface area contributed by atoms with Crippen molar-refractivity contribution in [3.05, 3.63) is 77.0 Å². The molecule has 1 N–H and O–H groups in total. The molecule has 7 heteroatoms. The molecule has 0 radical (unpaired) electrons. The summed E-state index contributed by atoms with van der Waals surface area (Å²) in [4.78, 5) is 11.6. The lowest BCUT2D eigenvalue weighted by atomic mass is 9.96. The number of aromatic nitrogens is 3.